The van der Waals surface area contributed by atoms with Crippen LogP contribution in [0.25, 0.3) is 22.4 Å². The number of nitro benzene ring substituents is 1. The van der Waals surface area contributed by atoms with Gasteiger partial charge in [-0.25, -0.2) is 4.68 Å². The second-order valence-corrected chi connectivity index (χ2v) is 8.75. The lowest BCUT2D eigenvalue weighted by Crippen LogP contribution is -2.24. The minimum Gasteiger partial charge on any atom is -0.409 e. The Bertz CT molecular complexity index is 1600. The highest BCUT2D eigenvalue weighted by Crippen LogP contribution is 2.30. The first-order valence-electron chi connectivity index (χ1n) is 10.7. The Balaban J connectivity index is 1.47. The lowest BCUT2D eigenvalue weighted by molar-refractivity contribution is -0.385. The van der Waals surface area contributed by atoms with E-state index in [-0.39, 0.29) is 17.1 Å². The molecule has 0 fully saturated rings. The van der Waals surface area contributed by atoms with Crippen molar-refractivity contribution in [2.24, 2.45) is 0 Å². The molecule has 0 saturated carbocycles. The number of rotatable bonds is 7. The average Bonchev–Trinajstić information content (AvgIpc) is 3.34. The molecule has 0 saturated heterocycles. The lowest BCUT2D eigenvalue weighted by atomic mass is 10.1. The second kappa shape index (κ2) is 9.51. The lowest BCUT2D eigenvalue weighted by Gasteiger charge is -2.09. The quantitative estimate of drug-likeness (QED) is 0.179. The predicted octanol–water partition coefficient (Wildman–Crippen LogP) is 5.00. The van der Waals surface area contributed by atoms with Gasteiger partial charge in [0.1, 0.15) is 0 Å². The van der Waals surface area contributed by atoms with E-state index in [4.69, 9.17) is 4.42 Å². The highest BCUT2D eigenvalue weighted by molar-refractivity contribution is 7.98. The van der Waals surface area contributed by atoms with E-state index in [2.05, 4.69) is 15.3 Å². The minimum absolute atomic E-state index is 0.0747. The monoisotopic (exact) mass is 485 g/mol. The van der Waals surface area contributed by atoms with Crippen LogP contribution in [-0.4, -0.2) is 24.9 Å². The predicted molar refractivity (Wildman–Crippen MR) is 132 cm³/mol. The van der Waals surface area contributed by atoms with Crippen molar-refractivity contribution in [3.05, 3.63) is 110 Å². The summed E-state index contributed by atoms with van der Waals surface area (Å²) in [5, 5.41) is 25.5. The van der Waals surface area contributed by atoms with E-state index in [9.17, 15) is 14.9 Å². The molecule has 5 aromatic rings. The first-order valence-corrected chi connectivity index (χ1v) is 11.7. The molecule has 0 aliphatic heterocycles. The molecule has 0 unspecified atom stereocenters. The highest BCUT2D eigenvalue weighted by Gasteiger charge is 2.19. The van der Waals surface area contributed by atoms with Crippen molar-refractivity contribution in [3.8, 4) is 11.6 Å². The molecule has 0 atom stereocenters. The molecule has 0 aliphatic rings. The number of nitro groups is 1. The minimum atomic E-state index is -0.393. The molecule has 0 aliphatic carbocycles. The van der Waals surface area contributed by atoms with Gasteiger partial charge in [-0.3, -0.25) is 14.9 Å². The highest BCUT2D eigenvalue weighted by atomic mass is 32.2. The summed E-state index contributed by atoms with van der Waals surface area (Å²) >= 11 is 1.28. The van der Waals surface area contributed by atoms with E-state index in [0.717, 1.165) is 11.1 Å². The van der Waals surface area contributed by atoms with Crippen LogP contribution in [0, 0.1) is 17.0 Å². The third kappa shape index (κ3) is 4.56. The van der Waals surface area contributed by atoms with Gasteiger partial charge in [0.05, 0.1) is 16.9 Å². The van der Waals surface area contributed by atoms with Crippen LogP contribution in [-0.2, 0) is 12.3 Å². The summed E-state index contributed by atoms with van der Waals surface area (Å²) in [4.78, 5) is 23.9. The van der Waals surface area contributed by atoms with Crippen molar-refractivity contribution >= 4 is 28.2 Å². The molecule has 35 heavy (non-hydrogen) atoms. The summed E-state index contributed by atoms with van der Waals surface area (Å²) in [7, 11) is 0. The zero-order chi connectivity index (χ0) is 24.4. The fourth-order valence-electron chi connectivity index (χ4n) is 3.78. The van der Waals surface area contributed by atoms with Crippen LogP contribution in [0.3, 0.4) is 0 Å². The van der Waals surface area contributed by atoms with Crippen molar-refractivity contribution < 1.29 is 9.34 Å². The summed E-state index contributed by atoms with van der Waals surface area (Å²) in [5.41, 5.74) is 2.64. The van der Waals surface area contributed by atoms with Crippen LogP contribution in [0.5, 0.6) is 0 Å². The van der Waals surface area contributed by atoms with E-state index in [1.165, 1.54) is 22.5 Å². The number of aromatic nitrogens is 4. The van der Waals surface area contributed by atoms with Gasteiger partial charge in [-0.1, -0.05) is 72.4 Å². The van der Waals surface area contributed by atoms with Gasteiger partial charge in [0.15, 0.2) is 5.69 Å². The Morgan fingerprint density at radius 3 is 2.49 bits per heavy atom. The Labute approximate surface area is 203 Å². The molecule has 0 amide bonds. The van der Waals surface area contributed by atoms with Crippen LogP contribution in [0.2, 0.25) is 0 Å². The number of nitrogens with zero attached hydrogens (tertiary/aromatic N) is 5. The van der Waals surface area contributed by atoms with Crippen LogP contribution in [0.15, 0.2) is 87.2 Å². The fourth-order valence-corrected chi connectivity index (χ4v) is 4.61. The fraction of sp³-hybridized carbons (Fsp3) is 0.120. The van der Waals surface area contributed by atoms with Crippen LogP contribution < -0.4 is 5.56 Å². The topological polar surface area (TPSA) is 117 Å². The van der Waals surface area contributed by atoms with Crippen molar-refractivity contribution in [1.29, 1.82) is 0 Å². The molecule has 174 valence electrons. The molecule has 5 rings (SSSR count). The molecule has 9 nitrogen and oxygen atoms in total. The first kappa shape index (κ1) is 22.5. The molecule has 0 N–H and O–H groups in total. The van der Waals surface area contributed by atoms with E-state index in [1.54, 1.807) is 31.2 Å². The normalized spacial score (nSPS) is 11.1. The Kier molecular flexibility index (Phi) is 6.11. The third-order valence-electron chi connectivity index (χ3n) is 5.62. The zero-order valence-corrected chi connectivity index (χ0v) is 19.4. The van der Waals surface area contributed by atoms with Gasteiger partial charge >= 0.3 is 0 Å². The molecule has 0 radical (unpaired) electrons. The second-order valence-electron chi connectivity index (χ2n) is 7.82. The summed E-state index contributed by atoms with van der Waals surface area (Å²) in [6, 6.07) is 21.8. The Hall–Kier alpha value is -4.31. The summed E-state index contributed by atoms with van der Waals surface area (Å²) < 4.78 is 7.29. The smallest absolute Gasteiger partial charge is 0.277 e. The van der Waals surface area contributed by atoms with Crippen molar-refractivity contribution in [2.75, 3.05) is 0 Å². The van der Waals surface area contributed by atoms with Crippen molar-refractivity contribution in [2.45, 2.75) is 24.4 Å². The third-order valence-corrected chi connectivity index (χ3v) is 6.48. The SMILES string of the molecule is Cc1c(CSc2nnc(-c3nn(Cc4ccccc4)c(=O)c4ccccc34)o2)cccc1[N+](=O)[O-]. The maximum atomic E-state index is 13.1. The molecular weight excluding hydrogens is 466 g/mol. The Morgan fingerprint density at radius 2 is 1.71 bits per heavy atom. The van der Waals surface area contributed by atoms with Crippen molar-refractivity contribution in [3.63, 3.8) is 0 Å². The van der Waals surface area contributed by atoms with Gasteiger partial charge in [-0.2, -0.15) is 5.10 Å². The summed E-state index contributed by atoms with van der Waals surface area (Å²) in [5.74, 6) is 0.623. The summed E-state index contributed by atoms with van der Waals surface area (Å²) in [6.07, 6.45) is 0. The largest absolute Gasteiger partial charge is 0.409 e. The van der Waals surface area contributed by atoms with Gasteiger partial charge in [0.2, 0.25) is 0 Å². The summed E-state index contributed by atoms with van der Waals surface area (Å²) in [6.45, 7) is 2.03. The molecule has 2 heterocycles. The van der Waals surface area contributed by atoms with E-state index < -0.39 is 4.92 Å². The van der Waals surface area contributed by atoms with Gasteiger partial charge in [-0.15, -0.1) is 10.2 Å². The van der Waals surface area contributed by atoms with E-state index in [1.807, 2.05) is 42.5 Å². The Morgan fingerprint density at radius 1 is 0.971 bits per heavy atom. The molecule has 0 bridgehead atoms. The van der Waals surface area contributed by atoms with Gasteiger partial charge < -0.3 is 4.42 Å². The van der Waals surface area contributed by atoms with Crippen LogP contribution in [0.1, 0.15) is 16.7 Å². The standard InChI is InChI=1S/C25H19N5O4S/c1-16-18(10-7-13-21(16)30(32)33)15-35-25-27-26-23(34-25)22-19-11-5-6-12-20(19)24(31)29(28-22)14-17-8-3-2-4-9-17/h2-13H,14-15H2,1H3. The van der Waals surface area contributed by atoms with Gasteiger partial charge in [0.25, 0.3) is 22.4 Å². The number of thioether (sulfide) groups is 1. The zero-order valence-electron chi connectivity index (χ0n) is 18.6. The average molecular weight is 486 g/mol. The maximum absolute atomic E-state index is 13.1. The van der Waals surface area contributed by atoms with E-state index in [0.29, 0.717) is 39.6 Å². The van der Waals surface area contributed by atoms with Crippen molar-refractivity contribution in [1.82, 2.24) is 20.0 Å². The first-order chi connectivity index (χ1) is 17.0. The number of hydrogen-bond acceptors (Lipinski definition) is 8. The maximum Gasteiger partial charge on any atom is 0.277 e. The number of benzene rings is 3. The van der Waals surface area contributed by atoms with Crippen LogP contribution >= 0.6 is 11.8 Å². The van der Waals surface area contributed by atoms with Gasteiger partial charge in [-0.05, 0) is 24.1 Å². The molecular formula is C25H19N5O4S. The molecule has 0 spiro atoms. The molecule has 2 aromatic heterocycles. The number of fused-ring (bicyclic) bond motifs is 1. The van der Waals surface area contributed by atoms with E-state index >= 15 is 0 Å². The molecule has 10 heteroatoms. The van der Waals surface area contributed by atoms with Crippen LogP contribution in [0.4, 0.5) is 5.69 Å². The molecule has 3 aromatic carbocycles. The van der Waals surface area contributed by atoms with Gasteiger partial charge in [0, 0.05) is 22.8 Å². The number of hydrogen-bond donors (Lipinski definition) is 0.